The molecule has 0 aliphatic rings. The van der Waals surface area contributed by atoms with Gasteiger partial charge in [-0.15, -0.1) is 0 Å². The van der Waals surface area contributed by atoms with E-state index in [0.717, 1.165) is 99.9 Å². The summed E-state index contributed by atoms with van der Waals surface area (Å²) in [6.07, 6.45) is 0. The molecular formula is C126H76N6O3. The van der Waals surface area contributed by atoms with Crippen molar-refractivity contribution >= 4 is 229 Å². The van der Waals surface area contributed by atoms with Crippen molar-refractivity contribution in [2.75, 3.05) is 0 Å². The standard InChI is InChI=1S/C48H28N2O.C42H26N2O.C36H22N2O/c1-2-13-33-31(11-1)32-12-3-4-14-34(32)41-27-29(21-23-35(33)41)49-43-19-9-6-17-40(43)47-44(49)26-25-39-36-15-5-8-18-42(36)50(48(39)47)30-22-24-38-37-16-7-10-20-45(37)51-46(38)28-30;1-2-10-27(11-3-1)28-18-20-29(21-19-28)44-36-15-7-4-12-31(36)34-24-25-38-41(42(34)44)35-14-5-8-16-37(35)43(38)30-22-23-33-32-13-6-9-17-39(32)45-40(33)26-30;1-2-10-23(11-3-1)38-30-15-7-4-12-25(30)28-20-21-32-35(36(28)38)29-14-5-8-16-31(29)37(32)24-18-19-27-26-13-6-9-17-33(26)39-34(27)22-24/h1-28H;1-26H;1-22H. The number of nitrogens with zero attached hydrogens (tertiary/aromatic N) is 6. The maximum atomic E-state index is 6.41. The number of aromatic nitrogens is 6. The third-order valence-electron chi connectivity index (χ3n) is 28.5. The van der Waals surface area contributed by atoms with Crippen LogP contribution in [0.1, 0.15) is 0 Å². The highest BCUT2D eigenvalue weighted by Gasteiger charge is 2.28. The van der Waals surface area contributed by atoms with Gasteiger partial charge < -0.3 is 40.7 Å². The first-order valence-corrected chi connectivity index (χ1v) is 46.2. The van der Waals surface area contributed by atoms with E-state index in [-0.39, 0.29) is 0 Å². The molecule has 9 nitrogen and oxygen atoms in total. The summed E-state index contributed by atoms with van der Waals surface area (Å²) in [6.45, 7) is 0. The van der Waals surface area contributed by atoms with Crippen LogP contribution in [0.2, 0.25) is 0 Å². The van der Waals surface area contributed by atoms with E-state index in [1.807, 2.05) is 36.4 Å². The Bertz CT molecular complexity index is 10400. The highest BCUT2D eigenvalue weighted by molar-refractivity contribution is 6.31. The highest BCUT2D eigenvalue weighted by atomic mass is 16.3. The molecule has 31 aromatic rings. The van der Waals surface area contributed by atoms with Gasteiger partial charge in [-0.3, -0.25) is 0 Å². The first-order valence-electron chi connectivity index (χ1n) is 46.2. The first kappa shape index (κ1) is 74.7. The highest BCUT2D eigenvalue weighted by Crippen LogP contribution is 2.49. The van der Waals surface area contributed by atoms with Crippen molar-refractivity contribution < 1.29 is 13.3 Å². The number of fused-ring (bicyclic) bond motifs is 36. The van der Waals surface area contributed by atoms with E-state index < -0.39 is 0 Å². The molecule has 0 fully saturated rings. The van der Waals surface area contributed by atoms with Gasteiger partial charge in [0, 0.05) is 149 Å². The number of furan rings is 3. The second-order valence-corrected chi connectivity index (χ2v) is 35.6. The van der Waals surface area contributed by atoms with Gasteiger partial charge in [0.2, 0.25) is 0 Å². The molecule has 0 atom stereocenters. The van der Waals surface area contributed by atoms with Gasteiger partial charge in [0.1, 0.15) is 33.5 Å². The Morgan fingerprint density at radius 3 is 0.719 bits per heavy atom. The second kappa shape index (κ2) is 29.2. The lowest BCUT2D eigenvalue weighted by molar-refractivity contribution is 0.668. The van der Waals surface area contributed by atoms with Crippen LogP contribution in [0, 0.1) is 0 Å². The molecule has 9 aromatic heterocycles. The van der Waals surface area contributed by atoms with Gasteiger partial charge in [0.05, 0.1) is 66.2 Å². The largest absolute Gasteiger partial charge is 0.456 e. The Balaban J connectivity index is 0.0000000993. The molecule has 0 N–H and O–H groups in total. The van der Waals surface area contributed by atoms with Crippen LogP contribution in [-0.4, -0.2) is 27.4 Å². The first-order chi connectivity index (χ1) is 67.0. The fourth-order valence-corrected chi connectivity index (χ4v) is 22.8. The van der Waals surface area contributed by atoms with Crippen LogP contribution in [0.5, 0.6) is 0 Å². The molecule has 0 radical (unpaired) electrons. The van der Waals surface area contributed by atoms with Crippen molar-refractivity contribution in [1.29, 1.82) is 0 Å². The third-order valence-corrected chi connectivity index (χ3v) is 28.5. The zero-order chi connectivity index (χ0) is 88.2. The molecule has 9 heterocycles. The van der Waals surface area contributed by atoms with Crippen LogP contribution in [-0.2, 0) is 0 Å². The molecule has 9 heteroatoms. The number of rotatable bonds is 7. The van der Waals surface area contributed by atoms with E-state index >= 15 is 0 Å². The minimum atomic E-state index is 0.894. The van der Waals surface area contributed by atoms with Crippen molar-refractivity contribution in [1.82, 2.24) is 27.4 Å². The molecule has 22 aromatic carbocycles. The number of hydrogen-bond donors (Lipinski definition) is 0. The molecule has 31 rings (SSSR count). The van der Waals surface area contributed by atoms with Gasteiger partial charge in [-0.1, -0.05) is 297 Å². The molecule has 0 unspecified atom stereocenters. The van der Waals surface area contributed by atoms with Crippen LogP contribution in [0.15, 0.2) is 474 Å². The quantitative estimate of drug-likeness (QED) is 0.149. The topological polar surface area (TPSA) is 69.0 Å². The number of hydrogen-bond acceptors (Lipinski definition) is 3. The lowest BCUT2D eigenvalue weighted by atomic mass is 9.94. The summed E-state index contributed by atoms with van der Waals surface area (Å²) in [6, 6.07) is 166. The summed E-state index contributed by atoms with van der Waals surface area (Å²) in [5, 5.41) is 29.5. The summed E-state index contributed by atoms with van der Waals surface area (Å²) in [5.41, 5.74) is 28.9. The lowest BCUT2D eigenvalue weighted by Crippen LogP contribution is -1.96. The van der Waals surface area contributed by atoms with Crippen molar-refractivity contribution in [3.8, 4) is 45.3 Å². The fraction of sp³-hybridized carbons (Fsp3) is 0. The summed E-state index contributed by atoms with van der Waals surface area (Å²) in [4.78, 5) is 0. The van der Waals surface area contributed by atoms with E-state index in [1.165, 1.54) is 174 Å². The lowest BCUT2D eigenvalue weighted by Gasteiger charge is -2.14. The van der Waals surface area contributed by atoms with Crippen molar-refractivity contribution in [3.63, 3.8) is 0 Å². The Labute approximate surface area is 770 Å². The van der Waals surface area contributed by atoms with E-state index in [1.54, 1.807) is 0 Å². The van der Waals surface area contributed by atoms with Gasteiger partial charge in [0.25, 0.3) is 0 Å². The number of para-hydroxylation sites is 10. The SMILES string of the molecule is c1ccc(-c2ccc(-n3c4ccccc4c4ccc5c(c6ccccc6n5-c5ccc6c(c5)oc5ccccc56)c43)cc2)cc1.c1ccc(-n2c3ccccc3c3ccc4c(c5ccccc5n4-c4ccc5c(c4)oc4ccccc45)c32)cc1.c1ccc2c(c1)oc1cc(-n3c4ccccc4c4ccc5c(c6ccccc6n5-c5ccc6c7ccccc7c7ccccc7c6c5)c43)ccc12. The molecule has 0 amide bonds. The molecule has 0 aliphatic carbocycles. The van der Waals surface area contributed by atoms with E-state index in [4.69, 9.17) is 13.3 Å². The van der Waals surface area contributed by atoms with E-state index in [0.29, 0.717) is 0 Å². The second-order valence-electron chi connectivity index (χ2n) is 35.6. The maximum Gasteiger partial charge on any atom is 0.137 e. The minimum Gasteiger partial charge on any atom is -0.456 e. The monoisotopic (exact) mass is 1720 g/mol. The molecule has 135 heavy (non-hydrogen) atoms. The average molecular weight is 1720 g/mol. The van der Waals surface area contributed by atoms with Crippen LogP contribution in [0.4, 0.5) is 0 Å². The Morgan fingerprint density at radius 2 is 0.348 bits per heavy atom. The Kier molecular flexibility index (Phi) is 16.1. The molecule has 0 aliphatic heterocycles. The summed E-state index contributed by atoms with van der Waals surface area (Å²) in [5.74, 6) is 0. The smallest absolute Gasteiger partial charge is 0.137 e. The minimum absolute atomic E-state index is 0.894. The normalized spacial score (nSPS) is 12.1. The van der Waals surface area contributed by atoms with Crippen LogP contribution >= 0.6 is 0 Å². The van der Waals surface area contributed by atoms with Crippen molar-refractivity contribution in [2.24, 2.45) is 0 Å². The molecule has 0 saturated heterocycles. The van der Waals surface area contributed by atoms with Gasteiger partial charge in [-0.05, 0) is 189 Å². The maximum absolute atomic E-state index is 6.41. The van der Waals surface area contributed by atoms with E-state index in [2.05, 4.69) is 452 Å². The predicted molar refractivity (Wildman–Crippen MR) is 565 cm³/mol. The summed E-state index contributed by atoms with van der Waals surface area (Å²) in [7, 11) is 0. The van der Waals surface area contributed by atoms with Gasteiger partial charge in [-0.25, -0.2) is 0 Å². The van der Waals surface area contributed by atoms with Crippen LogP contribution < -0.4 is 0 Å². The molecule has 628 valence electrons. The third kappa shape index (κ3) is 11.1. The Morgan fingerprint density at radius 1 is 0.119 bits per heavy atom. The van der Waals surface area contributed by atoms with Gasteiger partial charge in [0.15, 0.2) is 0 Å². The van der Waals surface area contributed by atoms with E-state index in [9.17, 15) is 0 Å². The molecule has 0 bridgehead atoms. The predicted octanol–water partition coefficient (Wildman–Crippen LogP) is 34.5. The average Bonchev–Trinajstić information content (AvgIpc) is 1.56. The fourth-order valence-electron chi connectivity index (χ4n) is 22.8. The molecular weight excluding hydrogens is 1650 g/mol. The number of benzene rings is 22. The van der Waals surface area contributed by atoms with Gasteiger partial charge in [-0.2, -0.15) is 0 Å². The van der Waals surface area contributed by atoms with Crippen LogP contribution in [0.25, 0.3) is 274 Å². The van der Waals surface area contributed by atoms with Crippen molar-refractivity contribution in [2.45, 2.75) is 0 Å². The molecule has 0 spiro atoms. The molecule has 0 saturated carbocycles. The summed E-state index contributed by atoms with van der Waals surface area (Å²) >= 11 is 0. The van der Waals surface area contributed by atoms with Crippen molar-refractivity contribution in [3.05, 3.63) is 461 Å². The van der Waals surface area contributed by atoms with Crippen LogP contribution in [0.3, 0.4) is 0 Å². The van der Waals surface area contributed by atoms with Gasteiger partial charge >= 0.3 is 0 Å². The zero-order valence-corrected chi connectivity index (χ0v) is 72.8. The Hall–Kier alpha value is -18.2. The zero-order valence-electron chi connectivity index (χ0n) is 72.8. The summed E-state index contributed by atoms with van der Waals surface area (Å²) < 4.78 is 33.6.